The number of nitrogens with one attached hydrogen (secondary N) is 1. The third kappa shape index (κ3) is 2.33. The van der Waals surface area contributed by atoms with E-state index in [1.54, 1.807) is 12.4 Å². The van der Waals surface area contributed by atoms with Gasteiger partial charge < -0.3 is 10.2 Å². The number of nitrogens with zero attached hydrogens (tertiary/aromatic N) is 3. The smallest absolute Gasteiger partial charge is 0.332 e. The van der Waals surface area contributed by atoms with E-state index in [1.807, 2.05) is 0 Å². The number of carbonyl (C=O) groups excluding carboxylic acids is 1. The molecule has 3 aliphatic rings. The van der Waals surface area contributed by atoms with E-state index in [2.05, 4.69) is 37.9 Å². The second-order valence-corrected chi connectivity index (χ2v) is 6.04. The van der Waals surface area contributed by atoms with Crippen molar-refractivity contribution in [3.63, 3.8) is 0 Å². The topological polar surface area (TPSA) is 50.2 Å². The Morgan fingerprint density at radius 1 is 1.47 bits per heavy atom. The summed E-state index contributed by atoms with van der Waals surface area (Å²) in [4.78, 5) is 14.4. The van der Waals surface area contributed by atoms with Crippen molar-refractivity contribution in [2.45, 2.75) is 18.9 Å². The fourth-order valence-corrected chi connectivity index (χ4v) is 3.15. The Balaban J connectivity index is 1.65. The fourth-order valence-electron chi connectivity index (χ4n) is 2.77. The summed E-state index contributed by atoms with van der Waals surface area (Å²) in [6.45, 7) is 3.38. The van der Waals surface area contributed by atoms with Gasteiger partial charge in [-0.25, -0.2) is 4.79 Å². The number of rotatable bonds is 1. The third-order valence-corrected chi connectivity index (χ3v) is 4.28. The zero-order valence-electron chi connectivity index (χ0n) is 9.47. The molecule has 0 spiro atoms. The van der Waals surface area contributed by atoms with Gasteiger partial charge in [-0.05, 0) is 54.4 Å². The molecule has 0 aliphatic carbocycles. The molecule has 3 saturated heterocycles. The first-order chi connectivity index (χ1) is 8.22. The van der Waals surface area contributed by atoms with Gasteiger partial charge in [-0.2, -0.15) is 9.78 Å². The second-order valence-electron chi connectivity index (χ2n) is 4.80. The van der Waals surface area contributed by atoms with Crippen LogP contribution in [0.15, 0.2) is 12.4 Å². The normalized spacial score (nSPS) is 31.5. The van der Waals surface area contributed by atoms with Gasteiger partial charge in [0.2, 0.25) is 0 Å². The molecule has 4 rings (SSSR count). The molecule has 0 aromatic carbocycles. The predicted molar refractivity (Wildman–Crippen MR) is 71.8 cm³/mol. The van der Waals surface area contributed by atoms with Crippen molar-refractivity contribution in [2.75, 3.05) is 19.6 Å². The summed E-state index contributed by atoms with van der Waals surface area (Å²) in [7, 11) is 0. The number of hydrogen-bond donors (Lipinski definition) is 1. The molecule has 0 saturated carbocycles. The van der Waals surface area contributed by atoms with Crippen LogP contribution in [0.3, 0.4) is 0 Å². The lowest BCUT2D eigenvalue weighted by atomic mass is 9.84. The van der Waals surface area contributed by atoms with Gasteiger partial charge in [0.15, 0.2) is 0 Å². The lowest BCUT2D eigenvalue weighted by Crippen LogP contribution is -2.57. The summed E-state index contributed by atoms with van der Waals surface area (Å²) in [6, 6.07) is 0.193. The Bertz CT molecular complexity index is 425. The number of carbonyl (C=O) groups is 1. The average molecular weight is 346 g/mol. The molecular formula is C11H15IN4O. The van der Waals surface area contributed by atoms with Gasteiger partial charge in [0.25, 0.3) is 0 Å². The minimum Gasteiger partial charge on any atom is -0.332 e. The summed E-state index contributed by atoms with van der Waals surface area (Å²) in [5.41, 5.74) is 0. The summed E-state index contributed by atoms with van der Waals surface area (Å²) in [5, 5.41) is 7.12. The highest BCUT2D eigenvalue weighted by atomic mass is 127. The van der Waals surface area contributed by atoms with Crippen molar-refractivity contribution in [1.29, 1.82) is 0 Å². The molecule has 1 atom stereocenters. The van der Waals surface area contributed by atoms with E-state index in [0.29, 0.717) is 12.0 Å². The molecule has 1 amide bonds. The number of piperidine rings is 3. The molecule has 92 valence electrons. The highest BCUT2D eigenvalue weighted by Gasteiger charge is 2.35. The SMILES string of the molecule is O=C(N[C@H]1CN2CCC1CC2)n1cc(I)cn1. The predicted octanol–water partition coefficient (Wildman–Crippen LogP) is 1.14. The standard InChI is InChI=1S/C11H15IN4O/c12-9-5-13-16(6-9)11(17)14-10-7-15-3-1-8(10)2-4-15/h5-6,8,10H,1-4,7H2,(H,14,17)/t10-/m0/s1. The molecule has 3 fully saturated rings. The maximum Gasteiger partial charge on any atom is 0.342 e. The molecule has 4 heterocycles. The molecular weight excluding hydrogens is 331 g/mol. The second kappa shape index (κ2) is 4.56. The molecule has 0 radical (unpaired) electrons. The van der Waals surface area contributed by atoms with E-state index in [4.69, 9.17) is 0 Å². The lowest BCUT2D eigenvalue weighted by molar-refractivity contribution is 0.0765. The molecule has 2 bridgehead atoms. The Kier molecular flexibility index (Phi) is 3.08. The van der Waals surface area contributed by atoms with Crippen molar-refractivity contribution in [3.05, 3.63) is 16.0 Å². The molecule has 0 unspecified atom stereocenters. The Hall–Kier alpha value is -0.630. The van der Waals surface area contributed by atoms with Crippen molar-refractivity contribution in [2.24, 2.45) is 5.92 Å². The first kappa shape index (κ1) is 11.5. The molecule has 6 heteroatoms. The van der Waals surface area contributed by atoms with Crippen LogP contribution in [-0.2, 0) is 0 Å². The molecule has 3 aliphatic heterocycles. The third-order valence-electron chi connectivity index (χ3n) is 3.72. The van der Waals surface area contributed by atoms with Crippen LogP contribution in [0.1, 0.15) is 12.8 Å². The number of hydrogen-bond acceptors (Lipinski definition) is 3. The van der Waals surface area contributed by atoms with Gasteiger partial charge >= 0.3 is 6.03 Å². The number of aromatic nitrogens is 2. The number of fused-ring (bicyclic) bond motifs is 3. The van der Waals surface area contributed by atoms with Gasteiger partial charge in [0.1, 0.15) is 0 Å². The summed E-state index contributed by atoms with van der Waals surface area (Å²) >= 11 is 2.15. The van der Waals surface area contributed by atoms with Crippen molar-refractivity contribution < 1.29 is 4.79 Å². The molecule has 1 aromatic heterocycles. The quantitative estimate of drug-likeness (QED) is 0.776. The fraction of sp³-hybridized carbons (Fsp3) is 0.636. The summed E-state index contributed by atoms with van der Waals surface area (Å²) in [5.74, 6) is 0.651. The van der Waals surface area contributed by atoms with Gasteiger partial charge in [0, 0.05) is 18.8 Å². The largest absolute Gasteiger partial charge is 0.342 e. The first-order valence-electron chi connectivity index (χ1n) is 5.96. The van der Waals surface area contributed by atoms with Crippen LogP contribution in [0.2, 0.25) is 0 Å². The van der Waals surface area contributed by atoms with Gasteiger partial charge in [-0.1, -0.05) is 0 Å². The van der Waals surface area contributed by atoms with Crippen molar-refractivity contribution in [3.8, 4) is 0 Å². The molecule has 5 nitrogen and oxygen atoms in total. The summed E-state index contributed by atoms with van der Waals surface area (Å²) in [6.07, 6.45) is 5.86. The zero-order chi connectivity index (χ0) is 11.8. The maximum absolute atomic E-state index is 12.0. The number of amides is 1. The maximum atomic E-state index is 12.0. The van der Waals surface area contributed by atoms with Crippen LogP contribution in [0.4, 0.5) is 4.79 Å². The summed E-state index contributed by atoms with van der Waals surface area (Å²) < 4.78 is 2.37. The van der Waals surface area contributed by atoms with E-state index in [-0.39, 0.29) is 6.03 Å². The molecule has 1 aromatic rings. The van der Waals surface area contributed by atoms with Crippen LogP contribution in [-0.4, -0.2) is 46.4 Å². The average Bonchev–Trinajstić information content (AvgIpc) is 2.77. The van der Waals surface area contributed by atoms with Gasteiger partial charge in [-0.15, -0.1) is 0 Å². The minimum absolute atomic E-state index is 0.105. The van der Waals surface area contributed by atoms with E-state index in [0.717, 1.165) is 10.1 Å². The lowest BCUT2D eigenvalue weighted by Gasteiger charge is -2.44. The molecule has 17 heavy (non-hydrogen) atoms. The van der Waals surface area contributed by atoms with E-state index in [9.17, 15) is 4.79 Å². The highest BCUT2D eigenvalue weighted by Crippen LogP contribution is 2.27. The van der Waals surface area contributed by atoms with Crippen LogP contribution in [0.25, 0.3) is 0 Å². The zero-order valence-corrected chi connectivity index (χ0v) is 11.6. The van der Waals surface area contributed by atoms with Crippen LogP contribution < -0.4 is 5.32 Å². The van der Waals surface area contributed by atoms with Crippen molar-refractivity contribution in [1.82, 2.24) is 20.0 Å². The van der Waals surface area contributed by atoms with Crippen LogP contribution in [0, 0.1) is 9.49 Å². The minimum atomic E-state index is -0.105. The van der Waals surface area contributed by atoms with Crippen molar-refractivity contribution >= 4 is 28.6 Å². The first-order valence-corrected chi connectivity index (χ1v) is 7.03. The van der Waals surface area contributed by atoms with Gasteiger partial charge in [0.05, 0.1) is 9.77 Å². The van der Waals surface area contributed by atoms with E-state index >= 15 is 0 Å². The highest BCUT2D eigenvalue weighted by molar-refractivity contribution is 14.1. The Morgan fingerprint density at radius 3 is 2.76 bits per heavy atom. The van der Waals surface area contributed by atoms with Crippen LogP contribution in [0.5, 0.6) is 0 Å². The Labute approximate surface area is 114 Å². The molecule has 1 N–H and O–H groups in total. The Morgan fingerprint density at radius 2 is 2.24 bits per heavy atom. The van der Waals surface area contributed by atoms with Crippen LogP contribution >= 0.6 is 22.6 Å². The van der Waals surface area contributed by atoms with Gasteiger partial charge in [-0.3, -0.25) is 0 Å². The van der Waals surface area contributed by atoms with E-state index in [1.165, 1.54) is 30.6 Å². The number of halogens is 1. The van der Waals surface area contributed by atoms with E-state index < -0.39 is 0 Å². The monoisotopic (exact) mass is 346 g/mol.